The van der Waals surface area contributed by atoms with Gasteiger partial charge in [-0.05, 0) is 30.7 Å². The molecule has 0 saturated carbocycles. The Kier molecular flexibility index (Phi) is 4.58. The van der Waals surface area contributed by atoms with Crippen LogP contribution < -0.4 is 10.6 Å². The predicted octanol–water partition coefficient (Wildman–Crippen LogP) is 1.58. The van der Waals surface area contributed by atoms with Gasteiger partial charge in [0.15, 0.2) is 0 Å². The van der Waals surface area contributed by atoms with E-state index < -0.39 is 12.0 Å². The molecule has 0 fully saturated rings. The highest BCUT2D eigenvalue weighted by molar-refractivity contribution is 6.30. The van der Waals surface area contributed by atoms with E-state index in [1.165, 1.54) is 0 Å². The fourth-order valence-electron chi connectivity index (χ4n) is 1.28. The topological polar surface area (TPSA) is 66.6 Å². The molecule has 0 amide bonds. The fraction of sp³-hybridized carbons (Fsp3) is 0.364. The molecule has 1 unspecified atom stereocenters. The Morgan fingerprint density at radius 2 is 2.06 bits per heavy atom. The molecule has 0 spiro atoms. The van der Waals surface area contributed by atoms with Crippen molar-refractivity contribution in [2.45, 2.75) is 12.5 Å². The lowest BCUT2D eigenvalue weighted by Gasteiger charge is -2.20. The molecule has 1 aromatic rings. The van der Waals surface area contributed by atoms with Gasteiger partial charge in [-0.3, -0.25) is 4.79 Å². The van der Waals surface area contributed by atoms with Crippen LogP contribution in [0.1, 0.15) is 6.42 Å². The van der Waals surface area contributed by atoms with Gasteiger partial charge in [0.2, 0.25) is 0 Å². The molecule has 0 aliphatic carbocycles. The van der Waals surface area contributed by atoms with Crippen molar-refractivity contribution >= 4 is 23.3 Å². The van der Waals surface area contributed by atoms with Crippen LogP contribution in [0.5, 0.6) is 0 Å². The maximum atomic E-state index is 10.5. The standard InChI is InChI=1S/C11H15ClN2O2/c1-14(7-6-10(13)11(15)16)9-4-2-8(12)3-5-9/h2-5,10H,6-7,13H2,1H3,(H,15,16). The lowest BCUT2D eigenvalue weighted by atomic mass is 10.2. The number of carboxylic acids is 1. The molecular formula is C11H15ClN2O2. The van der Waals surface area contributed by atoms with Gasteiger partial charge in [-0.25, -0.2) is 0 Å². The summed E-state index contributed by atoms with van der Waals surface area (Å²) in [6.07, 6.45) is 0.411. The van der Waals surface area contributed by atoms with Crippen LogP contribution in [0.25, 0.3) is 0 Å². The zero-order chi connectivity index (χ0) is 12.1. The number of carboxylic acid groups (broad SMARTS) is 1. The number of halogens is 1. The van der Waals surface area contributed by atoms with Crippen LogP contribution in [0.3, 0.4) is 0 Å². The first kappa shape index (κ1) is 12.8. The van der Waals surface area contributed by atoms with E-state index in [1.54, 1.807) is 12.1 Å². The molecule has 1 aromatic carbocycles. The summed E-state index contributed by atoms with van der Waals surface area (Å²) in [6, 6.07) is 6.55. The first-order chi connectivity index (χ1) is 7.50. The largest absolute Gasteiger partial charge is 0.480 e. The second-order valence-corrected chi connectivity index (χ2v) is 4.07. The van der Waals surface area contributed by atoms with Crippen LogP contribution in [-0.2, 0) is 4.79 Å². The average Bonchev–Trinajstić information content (AvgIpc) is 2.26. The minimum atomic E-state index is -0.968. The molecule has 4 nitrogen and oxygen atoms in total. The summed E-state index contributed by atoms with van der Waals surface area (Å²) in [5.41, 5.74) is 6.41. The fourth-order valence-corrected chi connectivity index (χ4v) is 1.41. The van der Waals surface area contributed by atoms with Crippen molar-refractivity contribution in [3.05, 3.63) is 29.3 Å². The number of aliphatic carboxylic acids is 1. The van der Waals surface area contributed by atoms with Crippen LogP contribution in [0, 0.1) is 0 Å². The summed E-state index contributed by atoms with van der Waals surface area (Å²) >= 11 is 5.77. The van der Waals surface area contributed by atoms with E-state index in [4.69, 9.17) is 22.4 Å². The smallest absolute Gasteiger partial charge is 0.320 e. The van der Waals surface area contributed by atoms with Gasteiger partial charge < -0.3 is 15.7 Å². The Morgan fingerprint density at radius 1 is 1.50 bits per heavy atom. The molecule has 0 aliphatic rings. The SMILES string of the molecule is CN(CCC(N)C(=O)O)c1ccc(Cl)cc1. The number of carbonyl (C=O) groups is 1. The molecule has 1 atom stereocenters. The van der Waals surface area contributed by atoms with Crippen LogP contribution in [0.15, 0.2) is 24.3 Å². The van der Waals surface area contributed by atoms with Gasteiger partial charge in [0.25, 0.3) is 0 Å². The Morgan fingerprint density at radius 3 is 2.56 bits per heavy atom. The van der Waals surface area contributed by atoms with Gasteiger partial charge in [-0.2, -0.15) is 0 Å². The Bertz CT molecular complexity index is 354. The quantitative estimate of drug-likeness (QED) is 0.823. The molecule has 0 saturated heterocycles. The Balaban J connectivity index is 2.49. The highest BCUT2D eigenvalue weighted by atomic mass is 35.5. The molecule has 0 aliphatic heterocycles. The van der Waals surface area contributed by atoms with Gasteiger partial charge in [0, 0.05) is 24.3 Å². The maximum absolute atomic E-state index is 10.5. The first-order valence-corrected chi connectivity index (χ1v) is 5.33. The molecule has 0 heterocycles. The predicted molar refractivity (Wildman–Crippen MR) is 65.0 cm³/mol. The van der Waals surface area contributed by atoms with E-state index in [9.17, 15) is 4.79 Å². The second kappa shape index (κ2) is 5.72. The van der Waals surface area contributed by atoms with Gasteiger partial charge >= 0.3 is 5.97 Å². The Hall–Kier alpha value is -1.26. The molecule has 0 radical (unpaired) electrons. The summed E-state index contributed by atoms with van der Waals surface area (Å²) in [5.74, 6) is -0.968. The number of hydrogen-bond donors (Lipinski definition) is 2. The van der Waals surface area contributed by atoms with Crippen LogP contribution in [0.2, 0.25) is 5.02 Å². The summed E-state index contributed by atoms with van der Waals surface area (Å²) in [7, 11) is 1.89. The van der Waals surface area contributed by atoms with E-state index in [-0.39, 0.29) is 0 Å². The number of nitrogens with zero attached hydrogens (tertiary/aromatic N) is 1. The molecule has 3 N–H and O–H groups in total. The number of anilines is 1. The minimum absolute atomic E-state index is 0.411. The Labute approximate surface area is 99.6 Å². The van der Waals surface area contributed by atoms with E-state index in [1.807, 2.05) is 24.1 Å². The molecule has 0 bridgehead atoms. The summed E-state index contributed by atoms with van der Waals surface area (Å²) < 4.78 is 0. The van der Waals surface area contributed by atoms with Crippen molar-refractivity contribution in [1.82, 2.24) is 0 Å². The first-order valence-electron chi connectivity index (χ1n) is 4.96. The van der Waals surface area contributed by atoms with Crippen molar-refractivity contribution in [3.8, 4) is 0 Å². The van der Waals surface area contributed by atoms with Crippen molar-refractivity contribution in [2.24, 2.45) is 5.73 Å². The summed E-state index contributed by atoms with van der Waals surface area (Å²) in [6.45, 7) is 0.592. The van der Waals surface area contributed by atoms with Crippen molar-refractivity contribution in [3.63, 3.8) is 0 Å². The van der Waals surface area contributed by atoms with Crippen molar-refractivity contribution in [2.75, 3.05) is 18.5 Å². The lowest BCUT2D eigenvalue weighted by Crippen LogP contribution is -2.34. The van der Waals surface area contributed by atoms with E-state index >= 15 is 0 Å². The molecule has 88 valence electrons. The summed E-state index contributed by atoms with van der Waals surface area (Å²) in [4.78, 5) is 12.5. The van der Waals surface area contributed by atoms with Crippen LogP contribution in [-0.4, -0.2) is 30.7 Å². The van der Waals surface area contributed by atoms with Crippen molar-refractivity contribution in [1.29, 1.82) is 0 Å². The zero-order valence-corrected chi connectivity index (χ0v) is 9.81. The number of benzene rings is 1. The number of nitrogens with two attached hydrogens (primary N) is 1. The third kappa shape index (κ3) is 3.72. The second-order valence-electron chi connectivity index (χ2n) is 3.63. The molecule has 0 aromatic heterocycles. The third-order valence-corrected chi connectivity index (χ3v) is 2.61. The lowest BCUT2D eigenvalue weighted by molar-refractivity contribution is -0.138. The zero-order valence-electron chi connectivity index (χ0n) is 9.06. The average molecular weight is 243 g/mol. The number of hydrogen-bond acceptors (Lipinski definition) is 3. The monoisotopic (exact) mass is 242 g/mol. The van der Waals surface area contributed by atoms with Crippen LogP contribution >= 0.6 is 11.6 Å². The van der Waals surface area contributed by atoms with Gasteiger partial charge in [0.1, 0.15) is 6.04 Å². The van der Waals surface area contributed by atoms with Crippen LogP contribution in [0.4, 0.5) is 5.69 Å². The summed E-state index contributed by atoms with van der Waals surface area (Å²) in [5, 5.41) is 9.32. The van der Waals surface area contributed by atoms with E-state index in [0.717, 1.165) is 5.69 Å². The van der Waals surface area contributed by atoms with Gasteiger partial charge in [-0.1, -0.05) is 11.6 Å². The highest BCUT2D eigenvalue weighted by Crippen LogP contribution is 2.16. The molecule has 5 heteroatoms. The number of rotatable bonds is 5. The third-order valence-electron chi connectivity index (χ3n) is 2.36. The minimum Gasteiger partial charge on any atom is -0.480 e. The molecule has 1 rings (SSSR count). The normalized spacial score (nSPS) is 12.2. The molecule has 16 heavy (non-hydrogen) atoms. The van der Waals surface area contributed by atoms with E-state index in [0.29, 0.717) is 18.0 Å². The van der Waals surface area contributed by atoms with Crippen molar-refractivity contribution < 1.29 is 9.90 Å². The molecular weight excluding hydrogens is 228 g/mol. The van der Waals surface area contributed by atoms with E-state index in [2.05, 4.69) is 0 Å². The maximum Gasteiger partial charge on any atom is 0.320 e. The van der Waals surface area contributed by atoms with Gasteiger partial charge in [-0.15, -0.1) is 0 Å². The van der Waals surface area contributed by atoms with Gasteiger partial charge in [0.05, 0.1) is 0 Å². The highest BCUT2D eigenvalue weighted by Gasteiger charge is 2.12.